The largest absolute Gasteiger partial charge is 0.397 e. The summed E-state index contributed by atoms with van der Waals surface area (Å²) in [6.45, 7) is 0. The lowest BCUT2D eigenvalue weighted by Crippen LogP contribution is -2.12. The Morgan fingerprint density at radius 2 is 2.25 bits per heavy atom. The van der Waals surface area contributed by atoms with Crippen LogP contribution in [0.15, 0.2) is 47.6 Å². The number of carbonyl (C=O) groups excluding carboxylic acids is 1. The summed E-state index contributed by atoms with van der Waals surface area (Å²) in [7, 11) is 0. The summed E-state index contributed by atoms with van der Waals surface area (Å²) in [6, 6.07) is 8.92. The lowest BCUT2D eigenvalue weighted by molar-refractivity contribution is -0.115. The fourth-order valence-corrected chi connectivity index (χ4v) is 2.64. The summed E-state index contributed by atoms with van der Waals surface area (Å²) in [5.41, 5.74) is 7.12. The van der Waals surface area contributed by atoms with Crippen molar-refractivity contribution in [2.45, 2.75) is 11.3 Å². The van der Waals surface area contributed by atoms with E-state index < -0.39 is 0 Å². The maximum atomic E-state index is 11.8. The van der Waals surface area contributed by atoms with Crippen molar-refractivity contribution in [3.8, 4) is 0 Å². The van der Waals surface area contributed by atoms with Crippen LogP contribution in [0.25, 0.3) is 0 Å². The van der Waals surface area contributed by atoms with Crippen LogP contribution in [-0.4, -0.2) is 16.6 Å². The molecule has 0 saturated carbocycles. The van der Waals surface area contributed by atoms with Crippen LogP contribution < -0.4 is 11.1 Å². The van der Waals surface area contributed by atoms with Gasteiger partial charge in [-0.2, -0.15) is 0 Å². The number of carbonyl (C=O) groups is 1. The molecule has 2 rings (SSSR count). The van der Waals surface area contributed by atoms with Crippen LogP contribution in [0, 0.1) is 0 Å². The molecule has 0 aliphatic heterocycles. The number of nitrogen functional groups attached to an aromatic ring is 1. The van der Waals surface area contributed by atoms with Gasteiger partial charge in [0.05, 0.1) is 11.9 Å². The monoisotopic (exact) mass is 307 g/mol. The molecule has 0 bridgehead atoms. The van der Waals surface area contributed by atoms with E-state index in [1.807, 2.05) is 6.07 Å². The minimum atomic E-state index is -0.0487. The Balaban J connectivity index is 1.80. The highest BCUT2D eigenvalue weighted by Gasteiger charge is 2.05. The standard InChI is InChI=1S/C14H14ClN3OS/c15-10-2-1-3-11(8-10)18-14(19)5-7-20-13-4-6-17-9-12(13)16/h1-4,6,8-9H,5,7,16H2,(H,18,19). The second-order valence-corrected chi connectivity index (χ2v) is 5.64. The third-order valence-corrected chi connectivity index (χ3v) is 3.83. The molecule has 0 aliphatic carbocycles. The Morgan fingerprint density at radius 1 is 1.40 bits per heavy atom. The van der Waals surface area contributed by atoms with Gasteiger partial charge in [0.2, 0.25) is 5.91 Å². The maximum absolute atomic E-state index is 11.8. The molecule has 6 heteroatoms. The molecule has 0 atom stereocenters. The number of benzene rings is 1. The minimum absolute atomic E-state index is 0.0487. The van der Waals surface area contributed by atoms with Crippen LogP contribution >= 0.6 is 23.4 Å². The van der Waals surface area contributed by atoms with Crippen molar-refractivity contribution >= 4 is 40.6 Å². The Kier molecular flexibility index (Phi) is 5.26. The molecule has 3 N–H and O–H groups in total. The molecular weight excluding hydrogens is 294 g/mol. The molecule has 0 saturated heterocycles. The third-order valence-electron chi connectivity index (χ3n) is 2.51. The third kappa shape index (κ3) is 4.43. The summed E-state index contributed by atoms with van der Waals surface area (Å²) in [5.74, 6) is 0.605. The average molecular weight is 308 g/mol. The van der Waals surface area contributed by atoms with E-state index in [0.717, 1.165) is 4.90 Å². The molecule has 1 aromatic heterocycles. The molecule has 0 radical (unpaired) electrons. The molecule has 0 unspecified atom stereocenters. The SMILES string of the molecule is Nc1cnccc1SCCC(=O)Nc1cccc(Cl)c1. The summed E-state index contributed by atoms with van der Waals surface area (Å²) in [4.78, 5) is 16.7. The van der Waals surface area contributed by atoms with E-state index in [4.69, 9.17) is 17.3 Å². The smallest absolute Gasteiger partial charge is 0.225 e. The normalized spacial score (nSPS) is 10.2. The average Bonchev–Trinajstić information content (AvgIpc) is 2.41. The Morgan fingerprint density at radius 3 is 3.00 bits per heavy atom. The molecule has 1 amide bonds. The van der Waals surface area contributed by atoms with Gasteiger partial charge in [0.1, 0.15) is 0 Å². The number of nitrogens with one attached hydrogen (secondary N) is 1. The number of thioether (sulfide) groups is 1. The second-order valence-electron chi connectivity index (χ2n) is 4.07. The predicted molar refractivity (Wildman–Crippen MR) is 84.1 cm³/mol. The first kappa shape index (κ1) is 14.7. The molecule has 104 valence electrons. The van der Waals surface area contributed by atoms with E-state index in [1.54, 1.807) is 36.7 Å². The van der Waals surface area contributed by atoms with Gasteiger partial charge < -0.3 is 11.1 Å². The van der Waals surface area contributed by atoms with Crippen molar-refractivity contribution in [1.29, 1.82) is 0 Å². The summed E-state index contributed by atoms with van der Waals surface area (Å²) in [6.07, 6.45) is 3.69. The van der Waals surface area contributed by atoms with Gasteiger partial charge in [0.25, 0.3) is 0 Å². The lowest BCUT2D eigenvalue weighted by Gasteiger charge is -2.06. The van der Waals surface area contributed by atoms with E-state index in [1.165, 1.54) is 11.8 Å². The Bertz CT molecular complexity index is 606. The van der Waals surface area contributed by atoms with Crippen molar-refractivity contribution in [3.63, 3.8) is 0 Å². The second kappa shape index (κ2) is 7.17. The summed E-state index contributed by atoms with van der Waals surface area (Å²) < 4.78 is 0. The van der Waals surface area contributed by atoms with Crippen molar-refractivity contribution in [3.05, 3.63) is 47.7 Å². The van der Waals surface area contributed by atoms with E-state index >= 15 is 0 Å². The van der Waals surface area contributed by atoms with E-state index in [2.05, 4.69) is 10.3 Å². The number of amides is 1. The lowest BCUT2D eigenvalue weighted by atomic mass is 10.3. The number of anilines is 2. The zero-order valence-electron chi connectivity index (χ0n) is 10.7. The van der Waals surface area contributed by atoms with Gasteiger partial charge in [-0.15, -0.1) is 11.8 Å². The van der Waals surface area contributed by atoms with Crippen LogP contribution in [0.2, 0.25) is 5.02 Å². The Hall–Kier alpha value is -1.72. The van der Waals surface area contributed by atoms with Crippen LogP contribution in [0.5, 0.6) is 0 Å². The quantitative estimate of drug-likeness (QED) is 0.830. The van der Waals surface area contributed by atoms with Gasteiger partial charge in [-0.05, 0) is 24.3 Å². The van der Waals surface area contributed by atoms with Gasteiger partial charge in [0.15, 0.2) is 0 Å². The predicted octanol–water partition coefficient (Wildman–Crippen LogP) is 3.44. The molecule has 0 fully saturated rings. The topological polar surface area (TPSA) is 68.0 Å². The van der Waals surface area contributed by atoms with Crippen LogP contribution in [0.1, 0.15) is 6.42 Å². The number of hydrogen-bond donors (Lipinski definition) is 2. The molecule has 0 aliphatic rings. The van der Waals surface area contributed by atoms with E-state index in [0.29, 0.717) is 28.6 Å². The van der Waals surface area contributed by atoms with Gasteiger partial charge in [-0.25, -0.2) is 0 Å². The van der Waals surface area contributed by atoms with Crippen LogP contribution in [0.4, 0.5) is 11.4 Å². The molecule has 4 nitrogen and oxygen atoms in total. The highest BCUT2D eigenvalue weighted by molar-refractivity contribution is 7.99. The molecular formula is C14H14ClN3OS. The van der Waals surface area contributed by atoms with Gasteiger partial charge >= 0.3 is 0 Å². The zero-order valence-corrected chi connectivity index (χ0v) is 12.2. The van der Waals surface area contributed by atoms with Crippen molar-refractivity contribution in [2.24, 2.45) is 0 Å². The number of pyridine rings is 1. The number of hydrogen-bond acceptors (Lipinski definition) is 4. The van der Waals surface area contributed by atoms with Gasteiger partial charge in [-0.1, -0.05) is 17.7 Å². The molecule has 1 heterocycles. The first-order valence-corrected chi connectivity index (χ1v) is 7.39. The van der Waals surface area contributed by atoms with E-state index in [-0.39, 0.29) is 5.91 Å². The molecule has 0 spiro atoms. The highest BCUT2D eigenvalue weighted by atomic mass is 35.5. The molecule has 2 aromatic rings. The Labute approximate surface area is 126 Å². The van der Waals surface area contributed by atoms with Crippen molar-refractivity contribution < 1.29 is 4.79 Å². The molecule has 20 heavy (non-hydrogen) atoms. The maximum Gasteiger partial charge on any atom is 0.225 e. The number of halogens is 1. The van der Waals surface area contributed by atoms with E-state index in [9.17, 15) is 4.79 Å². The van der Waals surface area contributed by atoms with Gasteiger partial charge in [-0.3, -0.25) is 9.78 Å². The van der Waals surface area contributed by atoms with Crippen LogP contribution in [-0.2, 0) is 4.79 Å². The number of aromatic nitrogens is 1. The first-order valence-electron chi connectivity index (χ1n) is 6.03. The highest BCUT2D eigenvalue weighted by Crippen LogP contribution is 2.24. The summed E-state index contributed by atoms with van der Waals surface area (Å²) in [5, 5.41) is 3.40. The minimum Gasteiger partial charge on any atom is -0.397 e. The first-order chi connectivity index (χ1) is 9.65. The van der Waals surface area contributed by atoms with Crippen LogP contribution in [0.3, 0.4) is 0 Å². The number of nitrogens with zero attached hydrogens (tertiary/aromatic N) is 1. The molecule has 1 aromatic carbocycles. The summed E-state index contributed by atoms with van der Waals surface area (Å²) >= 11 is 7.39. The zero-order chi connectivity index (χ0) is 14.4. The number of nitrogens with two attached hydrogens (primary N) is 1. The number of rotatable bonds is 5. The van der Waals surface area contributed by atoms with Gasteiger partial charge in [0, 0.05) is 34.0 Å². The fraction of sp³-hybridized carbons (Fsp3) is 0.143. The van der Waals surface area contributed by atoms with Crippen molar-refractivity contribution in [1.82, 2.24) is 4.98 Å². The van der Waals surface area contributed by atoms with Crippen molar-refractivity contribution in [2.75, 3.05) is 16.8 Å². The fourth-order valence-electron chi connectivity index (χ4n) is 1.57.